The van der Waals surface area contributed by atoms with Crippen molar-refractivity contribution in [1.82, 2.24) is 5.32 Å². The maximum absolute atomic E-state index is 13.4. The van der Waals surface area contributed by atoms with E-state index in [1.807, 2.05) is 0 Å². The van der Waals surface area contributed by atoms with Gasteiger partial charge in [-0.2, -0.15) is 13.2 Å². The van der Waals surface area contributed by atoms with E-state index >= 15 is 0 Å². The highest BCUT2D eigenvalue weighted by Gasteiger charge is 2.51. The van der Waals surface area contributed by atoms with Crippen molar-refractivity contribution < 1.29 is 45.0 Å². The van der Waals surface area contributed by atoms with E-state index in [2.05, 4.69) is 15.4 Å². The summed E-state index contributed by atoms with van der Waals surface area (Å²) >= 11 is 0. The fourth-order valence-corrected chi connectivity index (χ4v) is 4.65. The molecular formula is C22H23F4N3O6S. The van der Waals surface area contributed by atoms with Crippen LogP contribution in [0.2, 0.25) is 0 Å². The minimum absolute atomic E-state index is 0.0247. The largest absolute Gasteiger partial charge is 0.484 e. The molecule has 2 N–H and O–H groups in total. The number of rotatable bonds is 6. The number of hydrogen-bond acceptors (Lipinski definition) is 6. The van der Waals surface area contributed by atoms with Crippen LogP contribution in [0.15, 0.2) is 47.4 Å². The third-order valence-electron chi connectivity index (χ3n) is 5.15. The van der Waals surface area contributed by atoms with Crippen molar-refractivity contribution in [3.05, 3.63) is 48.3 Å². The molecule has 0 aromatic heterocycles. The number of nitrogens with zero attached hydrogens (tertiary/aromatic N) is 1. The maximum atomic E-state index is 13.4. The van der Waals surface area contributed by atoms with Crippen molar-refractivity contribution in [2.45, 2.75) is 43.5 Å². The van der Waals surface area contributed by atoms with Gasteiger partial charge in [0, 0.05) is 12.6 Å². The smallest absolute Gasteiger partial charge is 0.427 e. The van der Waals surface area contributed by atoms with Crippen LogP contribution in [0.5, 0.6) is 5.75 Å². The first-order chi connectivity index (χ1) is 16.6. The van der Waals surface area contributed by atoms with Crippen LogP contribution < -0.4 is 19.7 Å². The summed E-state index contributed by atoms with van der Waals surface area (Å²) in [5, 5.41) is 4.68. The number of benzene rings is 2. The lowest BCUT2D eigenvalue weighted by Crippen LogP contribution is -2.48. The van der Waals surface area contributed by atoms with Crippen LogP contribution in [0.4, 0.5) is 33.7 Å². The quantitative estimate of drug-likeness (QED) is 0.546. The van der Waals surface area contributed by atoms with E-state index in [0.29, 0.717) is 13.8 Å². The van der Waals surface area contributed by atoms with Gasteiger partial charge in [0.2, 0.25) is 11.5 Å². The second-order valence-electron chi connectivity index (χ2n) is 8.37. The molecule has 1 aliphatic rings. The Hall–Kier alpha value is -3.55. The summed E-state index contributed by atoms with van der Waals surface area (Å²) in [7, 11) is -4.28. The molecule has 2 aromatic carbocycles. The van der Waals surface area contributed by atoms with Crippen LogP contribution in [-0.2, 0) is 19.6 Å². The van der Waals surface area contributed by atoms with Crippen LogP contribution in [-0.4, -0.2) is 51.4 Å². The van der Waals surface area contributed by atoms with Crippen LogP contribution in [0.1, 0.15) is 20.8 Å². The predicted molar refractivity (Wildman–Crippen MR) is 121 cm³/mol. The summed E-state index contributed by atoms with van der Waals surface area (Å²) in [5.41, 5.74) is -2.88. The lowest BCUT2D eigenvalue weighted by atomic mass is 10.1. The Morgan fingerprint density at radius 3 is 2.36 bits per heavy atom. The molecule has 3 rings (SSSR count). The van der Waals surface area contributed by atoms with E-state index in [1.165, 1.54) is 25.1 Å². The molecule has 1 unspecified atom stereocenters. The van der Waals surface area contributed by atoms with Crippen LogP contribution >= 0.6 is 0 Å². The fourth-order valence-electron chi connectivity index (χ4n) is 3.15. The number of halogens is 4. The molecule has 9 nitrogen and oxygen atoms in total. The molecule has 0 fully saturated rings. The zero-order valence-corrected chi connectivity index (χ0v) is 20.2. The normalized spacial score (nSPS) is 16.0. The number of alkyl halides is 3. The molecule has 0 bridgehead atoms. The number of anilines is 2. The Bertz CT molecular complexity index is 1250. The lowest BCUT2D eigenvalue weighted by Gasteiger charge is -2.35. The van der Waals surface area contributed by atoms with Gasteiger partial charge in [-0.25, -0.2) is 17.6 Å². The summed E-state index contributed by atoms with van der Waals surface area (Å²) in [4.78, 5) is 23.2. The van der Waals surface area contributed by atoms with Gasteiger partial charge in [0.15, 0.2) is 0 Å². The average Bonchev–Trinajstić information content (AvgIpc) is 2.76. The summed E-state index contributed by atoms with van der Waals surface area (Å²) < 4.78 is 90.5. The van der Waals surface area contributed by atoms with E-state index in [-0.39, 0.29) is 41.0 Å². The molecule has 36 heavy (non-hydrogen) atoms. The Morgan fingerprint density at radius 1 is 1.14 bits per heavy atom. The summed E-state index contributed by atoms with van der Waals surface area (Å²) in [6, 6.07) is 7.87. The number of sulfonamides is 1. The van der Waals surface area contributed by atoms with E-state index < -0.39 is 39.8 Å². The highest BCUT2D eigenvalue weighted by atomic mass is 32.2. The summed E-state index contributed by atoms with van der Waals surface area (Å²) in [6.07, 6.45) is -7.03. The van der Waals surface area contributed by atoms with Gasteiger partial charge in [0.1, 0.15) is 17.7 Å². The predicted octanol–water partition coefficient (Wildman–Crippen LogP) is 3.81. The fraction of sp³-hybridized carbons (Fsp3) is 0.364. The van der Waals surface area contributed by atoms with E-state index in [4.69, 9.17) is 4.74 Å². The van der Waals surface area contributed by atoms with Gasteiger partial charge in [-0.1, -0.05) is 0 Å². The Labute approximate surface area is 204 Å². The standard InChI is InChI=1S/C22H23F4N3O6S/c1-13(30)27-11-16-12-29(36(32,33)17-7-4-14(23)5-8-17)18-10-15(6-9-19(18)34-16)28-20(31)35-21(2,3)22(24,25)26/h4-10,16H,11-12H2,1-3H3,(H,27,30)(H,28,31). The SMILES string of the molecule is CC(=O)NCC1CN(S(=O)(=O)c2ccc(F)cc2)c2cc(NC(=O)OC(C)(C)C(F)(F)F)ccc2O1. The number of amides is 2. The van der Waals surface area contributed by atoms with Gasteiger partial charge in [-0.05, 0) is 56.3 Å². The zero-order valence-electron chi connectivity index (χ0n) is 19.3. The number of hydrogen-bond donors (Lipinski definition) is 2. The number of nitrogens with one attached hydrogen (secondary N) is 2. The van der Waals surface area contributed by atoms with Crippen molar-refractivity contribution in [2.75, 3.05) is 22.7 Å². The highest BCUT2D eigenvalue weighted by molar-refractivity contribution is 7.92. The van der Waals surface area contributed by atoms with E-state index in [1.54, 1.807) is 0 Å². The van der Waals surface area contributed by atoms with E-state index in [0.717, 1.165) is 28.6 Å². The summed E-state index contributed by atoms with van der Waals surface area (Å²) in [6.45, 7) is 2.35. The number of ether oxygens (including phenoxy) is 2. The first-order valence-corrected chi connectivity index (χ1v) is 11.9. The lowest BCUT2D eigenvalue weighted by molar-refractivity contribution is -0.242. The molecule has 0 spiro atoms. The van der Waals surface area contributed by atoms with Gasteiger partial charge in [0.05, 0.1) is 23.7 Å². The van der Waals surface area contributed by atoms with Crippen LogP contribution in [0.25, 0.3) is 0 Å². The molecule has 0 radical (unpaired) electrons. The second-order valence-corrected chi connectivity index (χ2v) is 10.2. The molecule has 1 heterocycles. The van der Waals surface area contributed by atoms with Crippen LogP contribution in [0, 0.1) is 5.82 Å². The number of fused-ring (bicyclic) bond motifs is 1. The Balaban J connectivity index is 1.95. The summed E-state index contributed by atoms with van der Waals surface area (Å²) in [5.74, 6) is -0.944. The first-order valence-electron chi connectivity index (χ1n) is 10.5. The molecule has 14 heteroatoms. The molecule has 0 saturated heterocycles. The third-order valence-corrected chi connectivity index (χ3v) is 6.94. The topological polar surface area (TPSA) is 114 Å². The third kappa shape index (κ3) is 5.98. The number of carbonyl (C=O) groups is 2. The molecule has 0 saturated carbocycles. The van der Waals surface area contributed by atoms with Crippen molar-refractivity contribution in [2.24, 2.45) is 0 Å². The van der Waals surface area contributed by atoms with E-state index in [9.17, 15) is 35.6 Å². The van der Waals surface area contributed by atoms with Crippen LogP contribution in [0.3, 0.4) is 0 Å². The van der Waals surface area contributed by atoms with Gasteiger partial charge >= 0.3 is 12.3 Å². The molecule has 2 amide bonds. The highest BCUT2D eigenvalue weighted by Crippen LogP contribution is 2.39. The molecule has 0 aliphatic carbocycles. The van der Waals surface area contributed by atoms with Crippen molar-refractivity contribution in [3.8, 4) is 5.75 Å². The molecule has 2 aromatic rings. The second kappa shape index (κ2) is 9.84. The average molecular weight is 534 g/mol. The number of carbonyl (C=O) groups excluding carboxylic acids is 2. The minimum atomic E-state index is -4.82. The monoisotopic (exact) mass is 533 g/mol. The Kier molecular flexibility index (Phi) is 7.39. The molecule has 196 valence electrons. The molecule has 1 aliphatic heterocycles. The zero-order chi connectivity index (χ0) is 26.9. The van der Waals surface area contributed by atoms with Crippen molar-refractivity contribution >= 4 is 33.4 Å². The van der Waals surface area contributed by atoms with Gasteiger partial charge in [-0.3, -0.25) is 14.4 Å². The molecule has 1 atom stereocenters. The Morgan fingerprint density at radius 2 is 1.78 bits per heavy atom. The first kappa shape index (κ1) is 27.0. The van der Waals surface area contributed by atoms with Crippen molar-refractivity contribution in [3.63, 3.8) is 0 Å². The van der Waals surface area contributed by atoms with Crippen molar-refractivity contribution in [1.29, 1.82) is 0 Å². The molecular weight excluding hydrogens is 510 g/mol. The minimum Gasteiger partial charge on any atom is -0.484 e. The van der Waals surface area contributed by atoms with Gasteiger partial charge in [-0.15, -0.1) is 0 Å². The maximum Gasteiger partial charge on any atom is 0.427 e. The van der Waals surface area contributed by atoms with Gasteiger partial charge < -0.3 is 14.8 Å². The van der Waals surface area contributed by atoms with Gasteiger partial charge in [0.25, 0.3) is 10.0 Å².